The van der Waals surface area contributed by atoms with E-state index in [4.69, 9.17) is 11.6 Å². The van der Waals surface area contributed by atoms with E-state index in [-0.39, 0.29) is 11.6 Å². The molecule has 0 aliphatic carbocycles. The van der Waals surface area contributed by atoms with Crippen LogP contribution in [-0.4, -0.2) is 9.38 Å². The van der Waals surface area contributed by atoms with Crippen LogP contribution < -0.4 is 10.9 Å². The Labute approximate surface area is 139 Å². The summed E-state index contributed by atoms with van der Waals surface area (Å²) in [6.07, 6.45) is 1.80. The summed E-state index contributed by atoms with van der Waals surface area (Å²) in [5.74, 6) is 0. The number of fused-ring (bicyclic) bond motifs is 1. The van der Waals surface area contributed by atoms with E-state index >= 15 is 0 Å². The van der Waals surface area contributed by atoms with Gasteiger partial charge in [0.05, 0.1) is 5.69 Å². The summed E-state index contributed by atoms with van der Waals surface area (Å²) < 4.78 is 1.57. The van der Waals surface area contributed by atoms with E-state index in [2.05, 4.69) is 17.2 Å². The Morgan fingerprint density at radius 2 is 1.96 bits per heavy atom. The normalized spacial score (nSPS) is 12.5. The predicted octanol–water partition coefficient (Wildman–Crippen LogP) is 3.51. The van der Waals surface area contributed by atoms with Gasteiger partial charge < -0.3 is 5.32 Å². The van der Waals surface area contributed by atoms with Crippen molar-refractivity contribution in [2.75, 3.05) is 0 Å². The molecule has 0 aliphatic rings. The largest absolute Gasteiger partial charge is 0.305 e. The summed E-state index contributed by atoms with van der Waals surface area (Å²) in [5, 5.41) is 4.11. The highest BCUT2D eigenvalue weighted by atomic mass is 35.5. The summed E-state index contributed by atoms with van der Waals surface area (Å²) in [7, 11) is 0. The van der Waals surface area contributed by atoms with Crippen molar-refractivity contribution >= 4 is 17.2 Å². The number of benzene rings is 1. The molecule has 3 aromatic rings. The van der Waals surface area contributed by atoms with Crippen molar-refractivity contribution in [3.05, 3.63) is 80.9 Å². The average Bonchev–Trinajstić information content (AvgIpc) is 2.54. The number of pyridine rings is 1. The molecule has 0 radical (unpaired) electrons. The van der Waals surface area contributed by atoms with Crippen LogP contribution in [0.15, 0.2) is 53.5 Å². The minimum atomic E-state index is -0.0605. The number of nitrogens with zero attached hydrogens (tertiary/aromatic N) is 2. The minimum Gasteiger partial charge on any atom is -0.305 e. The number of halogens is 1. The Bertz CT molecular complexity index is 887. The minimum absolute atomic E-state index is 0.0605. The molecule has 1 atom stereocenters. The topological polar surface area (TPSA) is 46.4 Å². The lowest BCUT2D eigenvalue weighted by molar-refractivity contribution is 0.567. The molecule has 2 aromatic heterocycles. The fourth-order valence-corrected chi connectivity index (χ4v) is 2.60. The lowest BCUT2D eigenvalue weighted by Crippen LogP contribution is -2.22. The third-order valence-electron chi connectivity index (χ3n) is 3.82. The molecular weight excluding hydrogens is 310 g/mol. The van der Waals surface area contributed by atoms with Gasteiger partial charge in [0, 0.05) is 29.9 Å². The van der Waals surface area contributed by atoms with Crippen LogP contribution in [-0.2, 0) is 6.54 Å². The Morgan fingerprint density at radius 1 is 1.22 bits per heavy atom. The van der Waals surface area contributed by atoms with Gasteiger partial charge in [-0.3, -0.25) is 9.20 Å². The van der Waals surface area contributed by atoms with E-state index in [0.717, 1.165) is 21.8 Å². The van der Waals surface area contributed by atoms with Gasteiger partial charge in [-0.25, -0.2) is 4.98 Å². The molecule has 0 bridgehead atoms. The molecule has 0 amide bonds. The fraction of sp³-hybridized carbons (Fsp3) is 0.222. The maximum Gasteiger partial charge on any atom is 0.258 e. The van der Waals surface area contributed by atoms with Crippen LogP contribution in [0.5, 0.6) is 0 Å². The molecule has 0 spiro atoms. The molecule has 3 rings (SSSR count). The maximum absolute atomic E-state index is 12.2. The Morgan fingerprint density at radius 3 is 2.70 bits per heavy atom. The van der Waals surface area contributed by atoms with Gasteiger partial charge in [-0.05, 0) is 43.2 Å². The van der Waals surface area contributed by atoms with Crippen LogP contribution in [0.2, 0.25) is 5.02 Å². The monoisotopic (exact) mass is 327 g/mol. The first-order chi connectivity index (χ1) is 11.0. The zero-order valence-corrected chi connectivity index (χ0v) is 13.8. The molecule has 1 aromatic carbocycles. The fourth-order valence-electron chi connectivity index (χ4n) is 2.48. The number of hydrogen-bond acceptors (Lipinski definition) is 3. The van der Waals surface area contributed by atoms with Crippen LogP contribution in [0, 0.1) is 6.92 Å². The summed E-state index contributed by atoms with van der Waals surface area (Å²) in [4.78, 5) is 16.7. The molecule has 0 saturated carbocycles. The quantitative estimate of drug-likeness (QED) is 0.797. The Hall–Kier alpha value is -2.17. The molecule has 0 saturated heterocycles. The Balaban J connectivity index is 1.78. The molecule has 2 heterocycles. The van der Waals surface area contributed by atoms with E-state index in [1.54, 1.807) is 16.7 Å². The van der Waals surface area contributed by atoms with E-state index < -0.39 is 0 Å². The van der Waals surface area contributed by atoms with Crippen LogP contribution >= 0.6 is 11.6 Å². The van der Waals surface area contributed by atoms with Gasteiger partial charge in [-0.2, -0.15) is 0 Å². The van der Waals surface area contributed by atoms with E-state index in [1.807, 2.05) is 43.3 Å². The molecule has 0 fully saturated rings. The van der Waals surface area contributed by atoms with Crippen molar-refractivity contribution in [1.29, 1.82) is 0 Å². The summed E-state index contributed by atoms with van der Waals surface area (Å²) in [6.45, 7) is 4.55. The zero-order valence-electron chi connectivity index (χ0n) is 13.1. The first-order valence-electron chi connectivity index (χ1n) is 7.51. The van der Waals surface area contributed by atoms with Crippen LogP contribution in [0.3, 0.4) is 0 Å². The highest BCUT2D eigenvalue weighted by Crippen LogP contribution is 2.16. The average molecular weight is 328 g/mol. The second-order valence-corrected chi connectivity index (χ2v) is 6.11. The Kier molecular flexibility index (Phi) is 4.46. The van der Waals surface area contributed by atoms with Gasteiger partial charge in [-0.15, -0.1) is 0 Å². The summed E-state index contributed by atoms with van der Waals surface area (Å²) in [6, 6.07) is 13.3. The third-order valence-corrected chi connectivity index (χ3v) is 4.07. The van der Waals surface area contributed by atoms with Gasteiger partial charge in [0.1, 0.15) is 5.65 Å². The first-order valence-corrected chi connectivity index (χ1v) is 7.88. The number of rotatable bonds is 4. The third kappa shape index (κ3) is 3.60. The van der Waals surface area contributed by atoms with Gasteiger partial charge in [0.2, 0.25) is 0 Å². The van der Waals surface area contributed by atoms with E-state index in [1.165, 1.54) is 0 Å². The van der Waals surface area contributed by atoms with Crippen LogP contribution in [0.4, 0.5) is 0 Å². The second kappa shape index (κ2) is 6.52. The molecule has 1 N–H and O–H groups in total. The lowest BCUT2D eigenvalue weighted by Gasteiger charge is -2.14. The zero-order chi connectivity index (χ0) is 16.4. The lowest BCUT2D eigenvalue weighted by atomic mass is 10.1. The van der Waals surface area contributed by atoms with Crippen LogP contribution in [0.1, 0.15) is 29.8 Å². The van der Waals surface area contributed by atoms with Crippen molar-refractivity contribution in [2.45, 2.75) is 26.4 Å². The number of aryl methyl sites for hydroxylation is 1. The molecule has 5 heteroatoms. The summed E-state index contributed by atoms with van der Waals surface area (Å²) in [5.41, 5.74) is 3.51. The molecular formula is C18H18ClN3O. The predicted molar refractivity (Wildman–Crippen MR) is 92.9 cm³/mol. The van der Waals surface area contributed by atoms with Crippen molar-refractivity contribution in [2.24, 2.45) is 0 Å². The highest BCUT2D eigenvalue weighted by Gasteiger charge is 2.07. The molecule has 0 unspecified atom stereocenters. The smallest absolute Gasteiger partial charge is 0.258 e. The first kappa shape index (κ1) is 15.7. The summed E-state index contributed by atoms with van der Waals surface area (Å²) >= 11 is 5.91. The van der Waals surface area contributed by atoms with Gasteiger partial charge in [0.15, 0.2) is 0 Å². The SMILES string of the molecule is Cc1ccc2nc(CN[C@H](C)c3ccc(Cl)cc3)cc(=O)n2c1. The number of hydrogen-bond donors (Lipinski definition) is 1. The van der Waals surface area contributed by atoms with E-state index in [9.17, 15) is 4.79 Å². The molecule has 23 heavy (non-hydrogen) atoms. The van der Waals surface area contributed by atoms with E-state index in [0.29, 0.717) is 12.2 Å². The van der Waals surface area contributed by atoms with Gasteiger partial charge in [-0.1, -0.05) is 29.8 Å². The van der Waals surface area contributed by atoms with Crippen molar-refractivity contribution < 1.29 is 0 Å². The van der Waals surface area contributed by atoms with Crippen molar-refractivity contribution in [1.82, 2.24) is 14.7 Å². The molecule has 118 valence electrons. The van der Waals surface area contributed by atoms with Crippen molar-refractivity contribution in [3.63, 3.8) is 0 Å². The van der Waals surface area contributed by atoms with Crippen LogP contribution in [0.25, 0.3) is 5.65 Å². The van der Waals surface area contributed by atoms with Gasteiger partial charge in [0.25, 0.3) is 5.56 Å². The number of aromatic nitrogens is 2. The van der Waals surface area contributed by atoms with Crippen molar-refractivity contribution in [3.8, 4) is 0 Å². The number of nitrogens with one attached hydrogen (secondary N) is 1. The molecule has 0 aliphatic heterocycles. The second-order valence-electron chi connectivity index (χ2n) is 5.67. The van der Waals surface area contributed by atoms with Gasteiger partial charge >= 0.3 is 0 Å². The standard InChI is InChI=1S/C18H18ClN3O/c1-12-3-8-17-21-16(9-18(23)22(17)11-12)10-20-13(2)14-4-6-15(19)7-5-14/h3-9,11,13,20H,10H2,1-2H3/t13-/m1/s1. The molecule has 4 nitrogen and oxygen atoms in total. The highest BCUT2D eigenvalue weighted by molar-refractivity contribution is 6.30. The maximum atomic E-state index is 12.2.